The number of nitrogens with zero attached hydrogens (tertiary/aromatic N) is 2. The molecule has 6 heteroatoms. The molecule has 1 aromatic heterocycles. The molecule has 0 aliphatic heterocycles. The number of thioether (sulfide) groups is 1. The number of carbonyl (C=O) groups is 1. The van der Waals surface area contributed by atoms with Gasteiger partial charge in [-0.1, -0.05) is 4.85 Å². The molecule has 23 heavy (non-hydrogen) atoms. The minimum absolute atomic E-state index is 0.282. The molecule has 0 radical (unpaired) electrons. The van der Waals surface area contributed by atoms with Crippen LogP contribution >= 0.6 is 11.8 Å². The molecule has 0 amide bonds. The Morgan fingerprint density at radius 3 is 2.96 bits per heavy atom. The Balaban J connectivity index is 1.94. The van der Waals surface area contributed by atoms with Gasteiger partial charge in [-0.2, -0.15) is 0 Å². The van der Waals surface area contributed by atoms with Gasteiger partial charge in [0, 0.05) is 16.5 Å². The molecule has 1 aliphatic carbocycles. The van der Waals surface area contributed by atoms with Gasteiger partial charge in [0.1, 0.15) is 10.5 Å². The second-order valence-corrected chi connectivity index (χ2v) is 6.84. The van der Waals surface area contributed by atoms with Crippen molar-refractivity contribution in [2.75, 3.05) is 13.7 Å². The highest BCUT2D eigenvalue weighted by molar-refractivity contribution is 8.01. The number of fused-ring (bicyclic) bond motifs is 1. The van der Waals surface area contributed by atoms with E-state index in [4.69, 9.17) is 4.74 Å². The molecule has 0 bridgehead atoms. The average molecular weight is 329 g/mol. The Labute approximate surface area is 138 Å². The van der Waals surface area contributed by atoms with E-state index in [-0.39, 0.29) is 6.61 Å². The summed E-state index contributed by atoms with van der Waals surface area (Å²) >= 11 is 1.42. The van der Waals surface area contributed by atoms with Gasteiger partial charge in [0.2, 0.25) is 6.61 Å². The monoisotopic (exact) mass is 329 g/mol. The van der Waals surface area contributed by atoms with Crippen LogP contribution in [0.4, 0.5) is 0 Å². The predicted octanol–water partition coefficient (Wildman–Crippen LogP) is 3.68. The maximum atomic E-state index is 11.6. The van der Waals surface area contributed by atoms with Crippen molar-refractivity contribution in [3.8, 4) is 11.8 Å². The Morgan fingerprint density at radius 1 is 1.48 bits per heavy atom. The summed E-state index contributed by atoms with van der Waals surface area (Å²) in [5, 5.41) is 10.4. The van der Waals surface area contributed by atoms with Gasteiger partial charge in [-0.3, -0.25) is 9.78 Å². The zero-order valence-electron chi connectivity index (χ0n) is 12.8. The second-order valence-electron chi connectivity index (χ2n) is 5.41. The molecule has 1 aromatic carbocycles. The lowest BCUT2D eigenvalue weighted by Gasteiger charge is -2.37. The maximum Gasteiger partial charge on any atom is 0.320 e. The molecule has 1 saturated carbocycles. The number of aliphatic carboxylic acids is 1. The van der Waals surface area contributed by atoms with E-state index in [9.17, 15) is 9.90 Å². The summed E-state index contributed by atoms with van der Waals surface area (Å²) in [7, 11) is 1.65. The Bertz CT molecular complexity index is 806. The summed E-state index contributed by atoms with van der Waals surface area (Å²) in [4.78, 5) is 20.6. The fourth-order valence-corrected chi connectivity index (χ4v) is 3.93. The lowest BCUT2D eigenvalue weighted by molar-refractivity contribution is -0.142. The van der Waals surface area contributed by atoms with Gasteiger partial charge in [-0.15, -0.1) is 11.8 Å². The number of rotatable bonds is 5. The minimum atomic E-state index is -0.736. The van der Waals surface area contributed by atoms with Crippen molar-refractivity contribution in [1.82, 2.24) is 4.98 Å². The molecular weight excluding hydrogens is 312 g/mol. The molecule has 1 fully saturated rings. The zero-order chi connectivity index (χ0) is 16.3. The first kappa shape index (κ1) is 15.6. The number of benzene rings is 1. The van der Waals surface area contributed by atoms with Crippen LogP contribution in [0.3, 0.4) is 0 Å². The van der Waals surface area contributed by atoms with Gasteiger partial charge in [0.05, 0.1) is 5.52 Å². The van der Waals surface area contributed by atoms with Crippen LogP contribution in [0.2, 0.25) is 0 Å². The third kappa shape index (κ3) is 3.10. The predicted molar refractivity (Wildman–Crippen MR) is 90.5 cm³/mol. The summed E-state index contributed by atoms with van der Waals surface area (Å²) < 4.78 is 4.87. The van der Waals surface area contributed by atoms with E-state index in [1.807, 2.05) is 24.3 Å². The number of ether oxygens (including phenoxy) is 1. The molecule has 5 nitrogen and oxygen atoms in total. The number of carboxylic acids is 1. The van der Waals surface area contributed by atoms with Crippen LogP contribution in [0.15, 0.2) is 35.4 Å². The Kier molecular flexibility index (Phi) is 4.39. The number of hydrogen-bond acceptors (Lipinski definition) is 4. The van der Waals surface area contributed by atoms with E-state index in [1.165, 1.54) is 11.8 Å². The molecule has 1 heterocycles. The summed E-state index contributed by atoms with van der Waals surface area (Å²) in [5.74, 6) is -0.0404. The van der Waals surface area contributed by atoms with E-state index in [0.717, 1.165) is 22.2 Å². The molecule has 0 saturated heterocycles. The normalized spacial score (nSPS) is 15.3. The summed E-state index contributed by atoms with van der Waals surface area (Å²) in [6.07, 6.45) is 4.09. The Morgan fingerprint density at radius 2 is 2.30 bits per heavy atom. The first-order chi connectivity index (χ1) is 11.1. The molecule has 2 aromatic rings. The fraction of sp³-hybridized carbons (Fsp3) is 0.353. The second kappa shape index (κ2) is 6.47. The topological polar surface area (TPSA) is 63.8 Å². The molecule has 3 rings (SSSR count). The van der Waals surface area contributed by atoms with Crippen LogP contribution in [0.5, 0.6) is 5.75 Å². The fourth-order valence-electron chi connectivity index (χ4n) is 2.53. The highest BCUT2D eigenvalue weighted by Crippen LogP contribution is 2.49. The van der Waals surface area contributed by atoms with Crippen LogP contribution < -0.4 is 4.74 Å². The Hall–Kier alpha value is -2.26. The molecule has 118 valence electrons. The van der Waals surface area contributed by atoms with Gasteiger partial charge in [-0.25, -0.2) is 0 Å². The number of carboxylic acid groups (broad SMARTS) is 1. The van der Waals surface area contributed by atoms with Crippen molar-refractivity contribution in [1.29, 1.82) is 0 Å². The van der Waals surface area contributed by atoms with Crippen molar-refractivity contribution in [2.24, 2.45) is 0 Å². The van der Waals surface area contributed by atoms with E-state index in [1.54, 1.807) is 13.2 Å². The maximum absolute atomic E-state index is 11.6. The molecule has 1 aliphatic rings. The van der Waals surface area contributed by atoms with Crippen LogP contribution in [0.1, 0.15) is 19.3 Å². The van der Waals surface area contributed by atoms with E-state index in [2.05, 4.69) is 15.9 Å². The molecular formula is C17H17N2O3S+. The van der Waals surface area contributed by atoms with E-state index >= 15 is 0 Å². The van der Waals surface area contributed by atoms with Crippen LogP contribution in [-0.4, -0.2) is 34.5 Å². The van der Waals surface area contributed by atoms with Crippen molar-refractivity contribution in [3.63, 3.8) is 0 Å². The standard InChI is InChI=1S/C17H16N2O3S/c1-18-9-10-22-12-3-4-14-13(11-12)15(5-8-19-14)23-17(16(20)21)6-2-7-17/h3-5,8,11H,2,6-7,10H2,1H3/p+1. The third-order valence-electron chi connectivity index (χ3n) is 3.99. The van der Waals surface area contributed by atoms with Gasteiger partial charge in [-0.05, 0) is 43.5 Å². The minimum Gasteiger partial charge on any atom is -0.480 e. The lowest BCUT2D eigenvalue weighted by Crippen LogP contribution is -2.41. The first-order valence-electron chi connectivity index (χ1n) is 7.40. The van der Waals surface area contributed by atoms with Gasteiger partial charge in [0.15, 0.2) is 0 Å². The van der Waals surface area contributed by atoms with Crippen LogP contribution in [0.25, 0.3) is 15.7 Å². The van der Waals surface area contributed by atoms with E-state index in [0.29, 0.717) is 18.6 Å². The highest BCUT2D eigenvalue weighted by atomic mass is 32.2. The lowest BCUT2D eigenvalue weighted by atomic mass is 9.84. The van der Waals surface area contributed by atoms with Gasteiger partial charge in [0.25, 0.3) is 7.05 Å². The quantitative estimate of drug-likeness (QED) is 0.906. The van der Waals surface area contributed by atoms with Crippen molar-refractivity contribution >= 4 is 28.6 Å². The largest absolute Gasteiger partial charge is 0.480 e. The number of hydrogen-bond donors (Lipinski definition) is 1. The van der Waals surface area contributed by atoms with Gasteiger partial charge >= 0.3 is 12.0 Å². The average Bonchev–Trinajstić information content (AvgIpc) is 2.51. The summed E-state index contributed by atoms with van der Waals surface area (Å²) in [5.41, 5.74) is 0.829. The third-order valence-corrected chi connectivity index (χ3v) is 5.54. The van der Waals surface area contributed by atoms with Gasteiger partial charge < -0.3 is 9.84 Å². The van der Waals surface area contributed by atoms with Crippen molar-refractivity contribution in [3.05, 3.63) is 35.3 Å². The molecule has 1 N–H and O–H groups in total. The van der Waals surface area contributed by atoms with Crippen LogP contribution in [0, 0.1) is 6.07 Å². The molecule has 0 spiro atoms. The number of pyridine rings is 1. The van der Waals surface area contributed by atoms with Crippen LogP contribution in [-0.2, 0) is 4.79 Å². The first-order valence-corrected chi connectivity index (χ1v) is 8.22. The SMILES string of the molecule is C[N+]#CCOc1ccc2nccc(SC3(C(=O)O)CCC3)c2c1. The number of aromatic nitrogens is 1. The zero-order valence-corrected chi connectivity index (χ0v) is 13.6. The summed E-state index contributed by atoms with van der Waals surface area (Å²) in [6, 6.07) is 10.2. The van der Waals surface area contributed by atoms with Crippen molar-refractivity contribution < 1.29 is 14.6 Å². The highest BCUT2D eigenvalue weighted by Gasteiger charge is 2.45. The van der Waals surface area contributed by atoms with E-state index < -0.39 is 10.7 Å². The van der Waals surface area contributed by atoms with Crippen molar-refractivity contribution in [2.45, 2.75) is 28.9 Å². The molecule has 0 atom stereocenters. The summed E-state index contributed by atoms with van der Waals surface area (Å²) in [6.45, 7) is 0.282. The smallest absolute Gasteiger partial charge is 0.320 e. The molecule has 0 unspecified atom stereocenters.